The van der Waals surface area contributed by atoms with Gasteiger partial charge in [-0.1, -0.05) is 30.3 Å². The summed E-state index contributed by atoms with van der Waals surface area (Å²) in [5.41, 5.74) is 2.20. The number of carbonyl (C=O) groups is 1. The molecule has 0 saturated heterocycles. The zero-order valence-corrected chi connectivity index (χ0v) is 14.2. The molecule has 1 aromatic carbocycles. The van der Waals surface area contributed by atoms with Gasteiger partial charge in [-0.05, 0) is 20.8 Å². The molecule has 0 spiro atoms. The number of hydrogen-bond acceptors (Lipinski definition) is 3. The molecule has 118 valence electrons. The molecule has 0 aliphatic carbocycles. The lowest BCUT2D eigenvalue weighted by Gasteiger charge is -2.18. The molecule has 5 heteroatoms. The lowest BCUT2D eigenvalue weighted by molar-refractivity contribution is 0.203. The third kappa shape index (κ3) is 4.07. The number of urea groups is 1. The molecule has 1 N–H and O–H groups in total. The van der Waals surface area contributed by atoms with Gasteiger partial charge >= 0.3 is 6.03 Å². The second-order valence-corrected chi connectivity index (χ2v) is 6.32. The van der Waals surface area contributed by atoms with E-state index in [-0.39, 0.29) is 6.03 Å². The Morgan fingerprint density at radius 3 is 2.55 bits per heavy atom. The molecular weight excluding hydrogens is 294 g/mol. The summed E-state index contributed by atoms with van der Waals surface area (Å²) in [4.78, 5) is 19.6. The number of aryl methyl sites for hydroxylation is 1. The highest BCUT2D eigenvalue weighted by Gasteiger charge is 2.11. The first kappa shape index (κ1) is 16.5. The zero-order chi connectivity index (χ0) is 15.9. The Hall–Kier alpha value is -1.88. The summed E-state index contributed by atoms with van der Waals surface area (Å²) in [7, 11) is 0. The minimum Gasteiger partial charge on any atom is -0.338 e. The second kappa shape index (κ2) is 7.94. The first-order chi connectivity index (χ1) is 10.7. The van der Waals surface area contributed by atoms with E-state index in [1.54, 1.807) is 16.2 Å². The average Bonchev–Trinajstić information content (AvgIpc) is 2.90. The third-order valence-electron chi connectivity index (χ3n) is 3.55. The average molecular weight is 317 g/mol. The topological polar surface area (TPSA) is 45.2 Å². The molecule has 2 amide bonds. The minimum atomic E-state index is 0.00145. The van der Waals surface area contributed by atoms with Crippen LogP contribution >= 0.6 is 11.3 Å². The summed E-state index contributed by atoms with van der Waals surface area (Å²) in [6.07, 6.45) is 0.769. The smallest absolute Gasteiger partial charge is 0.317 e. The fourth-order valence-corrected chi connectivity index (χ4v) is 3.28. The predicted molar refractivity (Wildman–Crippen MR) is 92.3 cm³/mol. The fourth-order valence-electron chi connectivity index (χ4n) is 2.32. The first-order valence-corrected chi connectivity index (χ1v) is 8.51. The van der Waals surface area contributed by atoms with Crippen molar-refractivity contribution in [2.75, 3.05) is 19.6 Å². The fraction of sp³-hybridized carbons (Fsp3) is 0.412. The monoisotopic (exact) mass is 317 g/mol. The highest BCUT2D eigenvalue weighted by Crippen LogP contribution is 2.27. The van der Waals surface area contributed by atoms with Crippen molar-refractivity contribution in [1.82, 2.24) is 15.2 Å². The van der Waals surface area contributed by atoms with Gasteiger partial charge in [0, 0.05) is 36.5 Å². The van der Waals surface area contributed by atoms with Gasteiger partial charge in [0.25, 0.3) is 0 Å². The van der Waals surface area contributed by atoms with Crippen molar-refractivity contribution in [1.29, 1.82) is 0 Å². The molecule has 0 saturated carbocycles. The van der Waals surface area contributed by atoms with E-state index in [2.05, 4.69) is 24.4 Å². The van der Waals surface area contributed by atoms with Crippen LogP contribution in [0.25, 0.3) is 11.3 Å². The number of rotatable bonds is 6. The van der Waals surface area contributed by atoms with Gasteiger partial charge in [-0.25, -0.2) is 9.78 Å². The van der Waals surface area contributed by atoms with Crippen LogP contribution in [0.4, 0.5) is 4.79 Å². The Balaban J connectivity index is 1.94. The molecule has 4 nitrogen and oxygen atoms in total. The number of carbonyl (C=O) groups excluding carboxylic acids is 1. The molecule has 2 aromatic rings. The summed E-state index contributed by atoms with van der Waals surface area (Å²) in [5, 5.41) is 4.02. The molecule has 0 radical (unpaired) electrons. The van der Waals surface area contributed by atoms with E-state index in [0.717, 1.165) is 35.8 Å². The molecule has 22 heavy (non-hydrogen) atoms. The number of benzene rings is 1. The van der Waals surface area contributed by atoms with Crippen molar-refractivity contribution in [3.8, 4) is 11.3 Å². The summed E-state index contributed by atoms with van der Waals surface area (Å²) in [6, 6.07) is 10.2. The Labute approximate surface area is 136 Å². The maximum absolute atomic E-state index is 11.9. The summed E-state index contributed by atoms with van der Waals surface area (Å²) < 4.78 is 0. The van der Waals surface area contributed by atoms with Crippen LogP contribution in [0.2, 0.25) is 0 Å². The Bertz CT molecular complexity index is 606. The highest BCUT2D eigenvalue weighted by atomic mass is 32.1. The standard InChI is InChI=1S/C17H23N3OS/c1-4-20(5-2)17(21)18-12-11-15-19-16(13(3)22-15)14-9-7-6-8-10-14/h6-10H,4-5,11-12H2,1-3H3,(H,18,21). The van der Waals surface area contributed by atoms with Gasteiger partial charge in [0.2, 0.25) is 0 Å². The number of amides is 2. The van der Waals surface area contributed by atoms with Crippen molar-refractivity contribution in [3.63, 3.8) is 0 Å². The number of thiazole rings is 1. The summed E-state index contributed by atoms with van der Waals surface area (Å²) in [6.45, 7) is 8.15. The van der Waals surface area contributed by atoms with Gasteiger partial charge in [0.05, 0.1) is 10.7 Å². The van der Waals surface area contributed by atoms with Gasteiger partial charge in [0.1, 0.15) is 0 Å². The maximum Gasteiger partial charge on any atom is 0.317 e. The molecule has 1 heterocycles. The SMILES string of the molecule is CCN(CC)C(=O)NCCc1nc(-c2ccccc2)c(C)s1. The molecule has 0 atom stereocenters. The molecule has 0 unspecified atom stereocenters. The van der Waals surface area contributed by atoms with Crippen LogP contribution in [0, 0.1) is 6.92 Å². The van der Waals surface area contributed by atoms with E-state index in [0.29, 0.717) is 6.54 Å². The summed E-state index contributed by atoms with van der Waals surface area (Å²) in [5.74, 6) is 0. The molecule has 2 rings (SSSR count). The molecular formula is C17H23N3OS. The molecule has 0 bridgehead atoms. The van der Waals surface area contributed by atoms with Gasteiger partial charge < -0.3 is 10.2 Å². The number of nitrogens with zero attached hydrogens (tertiary/aromatic N) is 2. The van der Waals surface area contributed by atoms with Gasteiger partial charge in [-0.2, -0.15) is 0 Å². The van der Waals surface area contributed by atoms with Crippen LogP contribution in [-0.2, 0) is 6.42 Å². The van der Waals surface area contributed by atoms with Crippen LogP contribution in [0.5, 0.6) is 0 Å². The van der Waals surface area contributed by atoms with E-state index in [4.69, 9.17) is 4.98 Å². The zero-order valence-electron chi connectivity index (χ0n) is 13.4. The quantitative estimate of drug-likeness (QED) is 0.882. The Kier molecular flexibility index (Phi) is 5.95. The molecule has 0 aliphatic rings. The van der Waals surface area contributed by atoms with E-state index in [9.17, 15) is 4.79 Å². The largest absolute Gasteiger partial charge is 0.338 e. The van der Waals surface area contributed by atoms with Crippen molar-refractivity contribution in [2.45, 2.75) is 27.2 Å². The number of aromatic nitrogens is 1. The lowest BCUT2D eigenvalue weighted by Crippen LogP contribution is -2.40. The molecule has 1 aromatic heterocycles. The van der Waals surface area contributed by atoms with Crippen LogP contribution < -0.4 is 5.32 Å². The van der Waals surface area contributed by atoms with Crippen LogP contribution in [0.15, 0.2) is 30.3 Å². The minimum absolute atomic E-state index is 0.00145. The van der Waals surface area contributed by atoms with E-state index in [1.165, 1.54) is 4.88 Å². The lowest BCUT2D eigenvalue weighted by atomic mass is 10.1. The second-order valence-electron chi connectivity index (χ2n) is 5.03. The molecule has 0 fully saturated rings. The summed E-state index contributed by atoms with van der Waals surface area (Å²) >= 11 is 1.70. The van der Waals surface area contributed by atoms with Gasteiger partial charge in [0.15, 0.2) is 0 Å². The predicted octanol–water partition coefficient (Wildman–Crippen LogP) is 3.71. The van der Waals surface area contributed by atoms with Crippen molar-refractivity contribution in [3.05, 3.63) is 40.2 Å². The third-order valence-corrected chi connectivity index (χ3v) is 4.58. The van der Waals surface area contributed by atoms with Crippen molar-refractivity contribution in [2.24, 2.45) is 0 Å². The molecule has 0 aliphatic heterocycles. The van der Waals surface area contributed by atoms with E-state index in [1.807, 2.05) is 32.0 Å². The first-order valence-electron chi connectivity index (χ1n) is 7.70. The van der Waals surface area contributed by atoms with Crippen molar-refractivity contribution >= 4 is 17.4 Å². The van der Waals surface area contributed by atoms with E-state index >= 15 is 0 Å². The Morgan fingerprint density at radius 2 is 1.91 bits per heavy atom. The highest BCUT2D eigenvalue weighted by molar-refractivity contribution is 7.12. The van der Waals surface area contributed by atoms with Crippen molar-refractivity contribution < 1.29 is 4.79 Å². The van der Waals surface area contributed by atoms with Crippen LogP contribution in [0.1, 0.15) is 23.7 Å². The normalized spacial score (nSPS) is 10.5. The Morgan fingerprint density at radius 1 is 1.23 bits per heavy atom. The van der Waals surface area contributed by atoms with E-state index < -0.39 is 0 Å². The van der Waals surface area contributed by atoms with Crippen LogP contribution in [-0.4, -0.2) is 35.5 Å². The number of nitrogens with one attached hydrogen (secondary N) is 1. The maximum atomic E-state index is 11.9. The number of hydrogen-bond donors (Lipinski definition) is 1. The van der Waals surface area contributed by atoms with Crippen LogP contribution in [0.3, 0.4) is 0 Å². The van der Waals surface area contributed by atoms with Gasteiger partial charge in [-0.15, -0.1) is 11.3 Å². The van der Waals surface area contributed by atoms with Gasteiger partial charge in [-0.3, -0.25) is 0 Å².